The molecule has 4 rings (SSSR count). The molecule has 2 aromatic carbocycles. The van der Waals surface area contributed by atoms with E-state index in [0.29, 0.717) is 16.8 Å². The zero-order valence-corrected chi connectivity index (χ0v) is 21.0. The second-order valence-corrected chi connectivity index (χ2v) is 9.28. The molecule has 1 aliphatic rings. The first-order chi connectivity index (χ1) is 17.2. The Morgan fingerprint density at radius 1 is 1.08 bits per heavy atom. The SMILES string of the molecule is CC(C)OC(=O)Cc1ccc(N2C(=O)C(=O)/C(=C(\O)c3ccc(Cl)c(Cl)c3)C2c2cccnc2)cc1. The number of pyridine rings is 1. The van der Waals surface area contributed by atoms with Crippen molar-refractivity contribution >= 4 is 52.3 Å². The van der Waals surface area contributed by atoms with E-state index in [-0.39, 0.29) is 45.4 Å². The summed E-state index contributed by atoms with van der Waals surface area (Å²) < 4.78 is 5.18. The molecule has 3 aromatic rings. The Morgan fingerprint density at radius 3 is 2.42 bits per heavy atom. The van der Waals surface area contributed by atoms with Gasteiger partial charge in [0, 0.05) is 23.6 Å². The minimum absolute atomic E-state index is 0.0701. The van der Waals surface area contributed by atoms with Gasteiger partial charge in [0.2, 0.25) is 0 Å². The summed E-state index contributed by atoms with van der Waals surface area (Å²) >= 11 is 12.1. The van der Waals surface area contributed by atoms with Gasteiger partial charge < -0.3 is 9.84 Å². The molecule has 1 atom stereocenters. The summed E-state index contributed by atoms with van der Waals surface area (Å²) in [5.74, 6) is -2.40. The lowest BCUT2D eigenvalue weighted by atomic mass is 9.96. The molecule has 1 saturated heterocycles. The lowest BCUT2D eigenvalue weighted by Crippen LogP contribution is -2.29. The second kappa shape index (κ2) is 10.5. The van der Waals surface area contributed by atoms with Gasteiger partial charge in [-0.2, -0.15) is 0 Å². The van der Waals surface area contributed by atoms with Crippen molar-refractivity contribution in [1.29, 1.82) is 0 Å². The monoisotopic (exact) mass is 524 g/mol. The predicted molar refractivity (Wildman–Crippen MR) is 137 cm³/mol. The van der Waals surface area contributed by atoms with Gasteiger partial charge in [0.15, 0.2) is 0 Å². The van der Waals surface area contributed by atoms with E-state index in [1.54, 1.807) is 56.4 Å². The number of aromatic nitrogens is 1. The van der Waals surface area contributed by atoms with Crippen LogP contribution in [0, 0.1) is 0 Å². The van der Waals surface area contributed by atoms with Crippen molar-refractivity contribution in [1.82, 2.24) is 4.98 Å². The molecular formula is C27H22Cl2N2O5. The summed E-state index contributed by atoms with van der Waals surface area (Å²) in [6, 6.07) is 13.6. The molecule has 0 spiro atoms. The number of aliphatic hydroxyl groups excluding tert-OH is 1. The van der Waals surface area contributed by atoms with Crippen molar-refractivity contribution in [2.24, 2.45) is 0 Å². The summed E-state index contributed by atoms with van der Waals surface area (Å²) in [5.41, 5.74) is 1.78. The Morgan fingerprint density at radius 2 is 1.81 bits per heavy atom. The van der Waals surface area contributed by atoms with E-state index >= 15 is 0 Å². The number of carbonyl (C=O) groups is 3. The summed E-state index contributed by atoms with van der Waals surface area (Å²) in [4.78, 5) is 43.9. The summed E-state index contributed by atoms with van der Waals surface area (Å²) in [5, 5.41) is 11.6. The molecule has 1 N–H and O–H groups in total. The molecule has 0 aliphatic carbocycles. The molecular weight excluding hydrogens is 503 g/mol. The molecule has 2 heterocycles. The molecule has 7 nitrogen and oxygen atoms in total. The first-order valence-corrected chi connectivity index (χ1v) is 11.9. The largest absolute Gasteiger partial charge is 0.507 e. The number of aliphatic hydroxyl groups is 1. The molecule has 1 unspecified atom stereocenters. The average Bonchev–Trinajstić information content (AvgIpc) is 3.11. The maximum atomic E-state index is 13.2. The van der Waals surface area contributed by atoms with E-state index in [1.165, 1.54) is 29.3 Å². The number of nitrogens with zero attached hydrogens (tertiary/aromatic N) is 2. The normalized spacial score (nSPS) is 17.0. The van der Waals surface area contributed by atoms with Crippen molar-refractivity contribution in [2.75, 3.05) is 4.90 Å². The van der Waals surface area contributed by atoms with Crippen molar-refractivity contribution in [3.8, 4) is 0 Å². The fourth-order valence-electron chi connectivity index (χ4n) is 4.00. The maximum absolute atomic E-state index is 13.2. The smallest absolute Gasteiger partial charge is 0.310 e. The van der Waals surface area contributed by atoms with E-state index < -0.39 is 17.7 Å². The van der Waals surface area contributed by atoms with E-state index in [1.807, 2.05) is 0 Å². The summed E-state index contributed by atoms with van der Waals surface area (Å²) in [6.45, 7) is 3.54. The third-order valence-electron chi connectivity index (χ3n) is 5.57. The number of esters is 1. The van der Waals surface area contributed by atoms with Gasteiger partial charge in [0.05, 0.1) is 34.2 Å². The Hall–Kier alpha value is -3.68. The van der Waals surface area contributed by atoms with Crippen LogP contribution in [-0.2, 0) is 25.5 Å². The Kier molecular flexibility index (Phi) is 7.43. The number of anilines is 1. The van der Waals surface area contributed by atoms with Crippen LogP contribution < -0.4 is 4.90 Å². The van der Waals surface area contributed by atoms with Gasteiger partial charge >= 0.3 is 5.97 Å². The third-order valence-corrected chi connectivity index (χ3v) is 6.31. The van der Waals surface area contributed by atoms with Crippen LogP contribution in [0.2, 0.25) is 10.0 Å². The maximum Gasteiger partial charge on any atom is 0.310 e. The fraction of sp³-hybridized carbons (Fsp3) is 0.185. The first kappa shape index (κ1) is 25.4. The molecule has 1 aromatic heterocycles. The van der Waals surface area contributed by atoms with Crippen LogP contribution in [0.5, 0.6) is 0 Å². The highest BCUT2D eigenvalue weighted by Gasteiger charge is 2.47. The zero-order valence-electron chi connectivity index (χ0n) is 19.4. The average molecular weight is 525 g/mol. The highest BCUT2D eigenvalue weighted by molar-refractivity contribution is 6.51. The van der Waals surface area contributed by atoms with Crippen LogP contribution in [0.1, 0.15) is 36.6 Å². The minimum atomic E-state index is -0.940. The molecule has 36 heavy (non-hydrogen) atoms. The summed E-state index contributed by atoms with van der Waals surface area (Å²) in [6.07, 6.45) is 2.95. The van der Waals surface area contributed by atoms with E-state index in [0.717, 1.165) is 0 Å². The van der Waals surface area contributed by atoms with E-state index in [9.17, 15) is 19.5 Å². The quantitative estimate of drug-likeness (QED) is 0.197. The van der Waals surface area contributed by atoms with Crippen LogP contribution in [-0.4, -0.2) is 33.9 Å². The topological polar surface area (TPSA) is 96.8 Å². The number of ketones is 1. The van der Waals surface area contributed by atoms with Crippen molar-refractivity contribution in [3.05, 3.63) is 99.3 Å². The Balaban J connectivity index is 1.77. The standard InChI is InChI=1S/C27H22Cl2N2O5/c1-15(2)36-22(32)12-16-5-8-19(9-6-16)31-24(18-4-3-11-30-14-18)23(26(34)27(31)35)25(33)17-7-10-20(28)21(29)13-17/h3-11,13-15,24,33H,12H2,1-2H3/b25-23-. The third kappa shape index (κ3) is 5.12. The number of Topliss-reactive ketones (excluding diaryl/α,β-unsaturated/α-hetero) is 1. The van der Waals surface area contributed by atoms with Gasteiger partial charge in [-0.25, -0.2) is 0 Å². The van der Waals surface area contributed by atoms with Crippen LogP contribution >= 0.6 is 23.2 Å². The predicted octanol–water partition coefficient (Wildman–Crippen LogP) is 5.51. The van der Waals surface area contributed by atoms with Crippen molar-refractivity contribution < 1.29 is 24.2 Å². The molecule has 1 aliphatic heterocycles. The van der Waals surface area contributed by atoms with E-state index in [4.69, 9.17) is 27.9 Å². The number of ether oxygens (including phenoxy) is 1. The number of rotatable bonds is 6. The molecule has 184 valence electrons. The zero-order chi connectivity index (χ0) is 26.0. The van der Waals surface area contributed by atoms with Crippen LogP contribution in [0.15, 0.2) is 72.6 Å². The van der Waals surface area contributed by atoms with Crippen molar-refractivity contribution in [3.63, 3.8) is 0 Å². The number of hydrogen-bond acceptors (Lipinski definition) is 6. The molecule has 1 fully saturated rings. The summed E-state index contributed by atoms with van der Waals surface area (Å²) in [7, 11) is 0. The highest BCUT2D eigenvalue weighted by atomic mass is 35.5. The first-order valence-electron chi connectivity index (χ1n) is 11.1. The van der Waals surface area contributed by atoms with Crippen molar-refractivity contribution in [2.45, 2.75) is 32.4 Å². The van der Waals surface area contributed by atoms with Gasteiger partial charge in [-0.15, -0.1) is 0 Å². The lowest BCUT2D eigenvalue weighted by molar-refractivity contribution is -0.146. The van der Waals surface area contributed by atoms with Gasteiger partial charge in [-0.1, -0.05) is 41.4 Å². The number of halogens is 2. The molecule has 0 radical (unpaired) electrons. The second-order valence-electron chi connectivity index (χ2n) is 8.47. The number of benzene rings is 2. The Bertz CT molecular complexity index is 1350. The molecule has 0 saturated carbocycles. The Labute approximate surface area is 217 Å². The number of carbonyl (C=O) groups excluding carboxylic acids is 3. The van der Waals surface area contributed by atoms with Crippen LogP contribution in [0.3, 0.4) is 0 Å². The molecule has 0 bridgehead atoms. The van der Waals surface area contributed by atoms with Gasteiger partial charge in [0.25, 0.3) is 11.7 Å². The molecule has 1 amide bonds. The van der Waals surface area contributed by atoms with Gasteiger partial charge in [-0.3, -0.25) is 24.3 Å². The number of amides is 1. The number of hydrogen-bond donors (Lipinski definition) is 1. The highest BCUT2D eigenvalue weighted by Crippen LogP contribution is 2.42. The lowest BCUT2D eigenvalue weighted by Gasteiger charge is -2.25. The van der Waals surface area contributed by atoms with Gasteiger partial charge in [-0.05, 0) is 61.4 Å². The molecule has 9 heteroatoms. The van der Waals surface area contributed by atoms with E-state index in [2.05, 4.69) is 4.98 Å². The minimum Gasteiger partial charge on any atom is -0.507 e. The van der Waals surface area contributed by atoms with Crippen LogP contribution in [0.25, 0.3) is 5.76 Å². The van der Waals surface area contributed by atoms with Gasteiger partial charge in [0.1, 0.15) is 5.76 Å². The van der Waals surface area contributed by atoms with Crippen LogP contribution in [0.4, 0.5) is 5.69 Å². The fourth-order valence-corrected chi connectivity index (χ4v) is 4.29.